The number of aryl methyl sites for hydroxylation is 2. The third kappa shape index (κ3) is 10.9. The molecule has 1 aromatic carbocycles. The lowest BCUT2D eigenvalue weighted by Crippen LogP contribution is -2.39. The van der Waals surface area contributed by atoms with Crippen molar-refractivity contribution in [2.45, 2.75) is 64.7 Å². The van der Waals surface area contributed by atoms with Crippen LogP contribution in [-0.4, -0.2) is 47.6 Å². The summed E-state index contributed by atoms with van der Waals surface area (Å²) < 4.78 is 0. The molecule has 1 rings (SSSR count). The first-order valence-corrected chi connectivity index (χ1v) is 11.3. The van der Waals surface area contributed by atoms with Crippen LogP contribution >= 0.6 is 0 Å². The van der Waals surface area contributed by atoms with Crippen molar-refractivity contribution in [2.75, 3.05) is 13.6 Å². The fourth-order valence-electron chi connectivity index (χ4n) is 3.61. The second-order valence-electron chi connectivity index (χ2n) is 8.10. The van der Waals surface area contributed by atoms with E-state index in [9.17, 15) is 24.3 Å². The van der Waals surface area contributed by atoms with Crippen LogP contribution in [0.4, 0.5) is 0 Å². The molecular weight excluding hydrogens is 412 g/mol. The Morgan fingerprint density at radius 1 is 0.906 bits per heavy atom. The monoisotopic (exact) mass is 448 g/mol. The summed E-state index contributed by atoms with van der Waals surface area (Å²) in [6.45, 7) is 1.96. The Labute approximate surface area is 189 Å². The minimum Gasteiger partial charge on any atom is -0.481 e. The van der Waals surface area contributed by atoms with Crippen molar-refractivity contribution < 1.29 is 29.4 Å². The molecule has 8 nitrogen and oxygen atoms in total. The van der Waals surface area contributed by atoms with Crippen molar-refractivity contribution >= 4 is 23.8 Å². The summed E-state index contributed by atoms with van der Waals surface area (Å²) in [5, 5.41) is 23.4. The summed E-state index contributed by atoms with van der Waals surface area (Å²) in [5.74, 6) is -3.87. The average molecular weight is 449 g/mol. The van der Waals surface area contributed by atoms with E-state index < -0.39 is 23.8 Å². The molecule has 0 aromatic heterocycles. The van der Waals surface area contributed by atoms with E-state index >= 15 is 0 Å². The molecule has 0 saturated heterocycles. The van der Waals surface area contributed by atoms with Crippen molar-refractivity contribution in [3.05, 3.63) is 35.4 Å². The van der Waals surface area contributed by atoms with Crippen LogP contribution in [0.5, 0.6) is 0 Å². The number of carboxylic acid groups (broad SMARTS) is 2. The molecule has 32 heavy (non-hydrogen) atoms. The minimum absolute atomic E-state index is 0.00356. The number of likely N-dealkylation sites (N-methyl/N-ethyl adjacent to an activating group) is 1. The van der Waals surface area contributed by atoms with Crippen LogP contribution in [0, 0.1) is 11.8 Å². The van der Waals surface area contributed by atoms with Crippen LogP contribution in [0.1, 0.15) is 63.0 Å². The van der Waals surface area contributed by atoms with E-state index in [2.05, 4.69) is 29.7 Å². The van der Waals surface area contributed by atoms with Gasteiger partial charge in [-0.3, -0.25) is 19.2 Å². The summed E-state index contributed by atoms with van der Waals surface area (Å²) in [5.41, 5.74) is 2.32. The van der Waals surface area contributed by atoms with Crippen molar-refractivity contribution in [1.82, 2.24) is 10.6 Å². The number of hydrogen-bond acceptors (Lipinski definition) is 4. The minimum atomic E-state index is -0.992. The largest absolute Gasteiger partial charge is 0.481 e. The van der Waals surface area contributed by atoms with Crippen molar-refractivity contribution in [3.8, 4) is 0 Å². The predicted octanol–water partition coefficient (Wildman–Crippen LogP) is 2.79. The van der Waals surface area contributed by atoms with Gasteiger partial charge in [0.1, 0.15) is 0 Å². The van der Waals surface area contributed by atoms with E-state index in [0.717, 1.165) is 18.4 Å². The van der Waals surface area contributed by atoms with Gasteiger partial charge in [0, 0.05) is 19.4 Å². The van der Waals surface area contributed by atoms with Crippen molar-refractivity contribution in [1.29, 1.82) is 0 Å². The Balaban J connectivity index is 2.80. The van der Waals surface area contributed by atoms with Crippen LogP contribution in [-0.2, 0) is 32.0 Å². The van der Waals surface area contributed by atoms with Gasteiger partial charge >= 0.3 is 11.9 Å². The SMILES string of the molecule is CCCc1ccc(CC[C@H](CC(CCCCC(=O)O)C(=O)O)C(=O)NCC(=O)NC)cc1. The molecule has 0 radical (unpaired) electrons. The Hall–Kier alpha value is -2.90. The van der Waals surface area contributed by atoms with Gasteiger partial charge in [0.25, 0.3) is 0 Å². The van der Waals surface area contributed by atoms with Gasteiger partial charge in [-0.1, -0.05) is 44.0 Å². The zero-order valence-corrected chi connectivity index (χ0v) is 19.1. The molecule has 0 fully saturated rings. The third-order valence-corrected chi connectivity index (χ3v) is 5.53. The lowest BCUT2D eigenvalue weighted by molar-refractivity contribution is -0.143. The Bertz CT molecular complexity index is 747. The molecule has 0 aliphatic heterocycles. The maximum atomic E-state index is 12.7. The van der Waals surface area contributed by atoms with Crippen LogP contribution in [0.3, 0.4) is 0 Å². The number of rotatable bonds is 16. The molecule has 1 unspecified atom stereocenters. The second kappa shape index (κ2) is 15.0. The molecule has 178 valence electrons. The third-order valence-electron chi connectivity index (χ3n) is 5.53. The molecule has 0 aliphatic carbocycles. The Morgan fingerprint density at radius 2 is 1.53 bits per heavy atom. The van der Waals surface area contributed by atoms with Gasteiger partial charge in [-0.25, -0.2) is 0 Å². The molecule has 1 aromatic rings. The topological polar surface area (TPSA) is 133 Å². The van der Waals surface area contributed by atoms with Crippen molar-refractivity contribution in [2.24, 2.45) is 11.8 Å². The van der Waals surface area contributed by atoms with Gasteiger partial charge < -0.3 is 20.8 Å². The van der Waals surface area contributed by atoms with Crippen LogP contribution < -0.4 is 10.6 Å². The summed E-state index contributed by atoms with van der Waals surface area (Å²) >= 11 is 0. The average Bonchev–Trinajstić information content (AvgIpc) is 2.76. The predicted molar refractivity (Wildman–Crippen MR) is 121 cm³/mol. The summed E-state index contributed by atoms with van der Waals surface area (Å²) in [6, 6.07) is 8.21. The molecular formula is C24H36N2O6. The maximum Gasteiger partial charge on any atom is 0.306 e. The Morgan fingerprint density at radius 3 is 2.06 bits per heavy atom. The summed E-state index contributed by atoms with van der Waals surface area (Å²) in [6.07, 6.45) is 4.48. The molecule has 0 aliphatic rings. The number of hydrogen-bond donors (Lipinski definition) is 4. The molecule has 0 heterocycles. The van der Waals surface area contributed by atoms with Gasteiger partial charge in [0.15, 0.2) is 0 Å². The van der Waals surface area contributed by atoms with Gasteiger partial charge in [0.2, 0.25) is 11.8 Å². The number of benzene rings is 1. The van der Waals surface area contributed by atoms with Gasteiger partial charge in [-0.2, -0.15) is 0 Å². The molecule has 0 bridgehead atoms. The molecule has 0 saturated carbocycles. The highest BCUT2D eigenvalue weighted by molar-refractivity contribution is 5.86. The van der Waals surface area contributed by atoms with Gasteiger partial charge in [-0.15, -0.1) is 0 Å². The van der Waals surface area contributed by atoms with Crippen LogP contribution in [0.25, 0.3) is 0 Å². The second-order valence-corrected chi connectivity index (χ2v) is 8.10. The quantitative estimate of drug-likeness (QED) is 0.288. The maximum absolute atomic E-state index is 12.7. The normalized spacial score (nSPS) is 12.6. The molecule has 8 heteroatoms. The molecule has 2 atom stereocenters. The summed E-state index contributed by atoms with van der Waals surface area (Å²) in [7, 11) is 1.48. The number of unbranched alkanes of at least 4 members (excludes halogenated alkanes) is 1. The Kier molecular flexibility index (Phi) is 12.7. The zero-order valence-electron chi connectivity index (χ0n) is 19.1. The van der Waals surface area contributed by atoms with Crippen molar-refractivity contribution in [3.63, 3.8) is 0 Å². The standard InChI is InChI=1S/C24H36N2O6/c1-3-6-17-9-11-18(12-10-17)13-14-19(23(30)26-16-21(27)25-2)15-20(24(31)32)7-4-5-8-22(28)29/h9-12,19-20H,3-8,13-16H2,1-2H3,(H,25,27)(H,26,30)(H,28,29)(H,31,32)/t19-,20?/m1/s1. The highest BCUT2D eigenvalue weighted by Gasteiger charge is 2.27. The number of carboxylic acids is 2. The number of aliphatic carboxylic acids is 2. The molecule has 4 N–H and O–H groups in total. The first-order valence-electron chi connectivity index (χ1n) is 11.3. The number of amides is 2. The van der Waals surface area contributed by atoms with Gasteiger partial charge in [-0.05, 0) is 49.7 Å². The van der Waals surface area contributed by atoms with Gasteiger partial charge in [0.05, 0.1) is 12.5 Å². The highest BCUT2D eigenvalue weighted by Crippen LogP contribution is 2.24. The fraction of sp³-hybridized carbons (Fsp3) is 0.583. The lowest BCUT2D eigenvalue weighted by Gasteiger charge is -2.21. The van der Waals surface area contributed by atoms with Crippen LogP contribution in [0.2, 0.25) is 0 Å². The van der Waals surface area contributed by atoms with Crippen LogP contribution in [0.15, 0.2) is 24.3 Å². The van der Waals surface area contributed by atoms with E-state index in [1.54, 1.807) is 0 Å². The fourth-order valence-corrected chi connectivity index (χ4v) is 3.61. The first-order chi connectivity index (χ1) is 15.3. The van der Waals surface area contributed by atoms with E-state index in [1.807, 2.05) is 12.1 Å². The molecule has 2 amide bonds. The number of carbonyl (C=O) groups is 4. The summed E-state index contributed by atoms with van der Waals surface area (Å²) in [4.78, 5) is 46.7. The number of carbonyl (C=O) groups excluding carboxylic acids is 2. The van der Waals surface area contributed by atoms with E-state index in [-0.39, 0.29) is 31.2 Å². The first kappa shape index (κ1) is 27.1. The van der Waals surface area contributed by atoms with E-state index in [0.29, 0.717) is 32.1 Å². The van der Waals surface area contributed by atoms with E-state index in [4.69, 9.17) is 5.11 Å². The molecule has 0 spiro atoms. The van der Waals surface area contributed by atoms with E-state index in [1.165, 1.54) is 12.6 Å². The lowest BCUT2D eigenvalue weighted by atomic mass is 9.86. The zero-order chi connectivity index (χ0) is 23.9. The number of nitrogens with one attached hydrogen (secondary N) is 2. The highest BCUT2D eigenvalue weighted by atomic mass is 16.4. The smallest absolute Gasteiger partial charge is 0.306 e.